The van der Waals surface area contributed by atoms with Gasteiger partial charge in [-0.2, -0.15) is 0 Å². The minimum absolute atomic E-state index is 0.142. The third-order valence-electron chi connectivity index (χ3n) is 4.63. The van der Waals surface area contributed by atoms with Gasteiger partial charge in [0.15, 0.2) is 0 Å². The van der Waals surface area contributed by atoms with Crippen molar-refractivity contribution < 1.29 is 9.53 Å². The summed E-state index contributed by atoms with van der Waals surface area (Å²) in [5, 5.41) is 0.998. The molecule has 4 nitrogen and oxygen atoms in total. The van der Waals surface area contributed by atoms with Gasteiger partial charge in [0.25, 0.3) is 5.91 Å². The van der Waals surface area contributed by atoms with Crippen molar-refractivity contribution in [1.82, 2.24) is 9.47 Å². The molecule has 0 aliphatic carbocycles. The molecule has 0 bridgehead atoms. The highest BCUT2D eigenvalue weighted by molar-refractivity contribution is 6.08. The number of nitrogens with zero attached hydrogens (tertiary/aromatic N) is 2. The third-order valence-corrected chi connectivity index (χ3v) is 4.63. The van der Waals surface area contributed by atoms with Crippen LogP contribution in [0.2, 0.25) is 0 Å². The Morgan fingerprint density at radius 2 is 1.60 bits per heavy atom. The van der Waals surface area contributed by atoms with Crippen LogP contribution in [0.3, 0.4) is 0 Å². The number of benzene rings is 1. The largest absolute Gasteiger partial charge is 0.495 e. The van der Waals surface area contributed by atoms with Crippen LogP contribution in [0, 0.1) is 0 Å². The standard InChI is InChI=1S/C21H32N2O2.C3H8.C2H6/c1-5-8-14-22(13-7-3)21(24)18-16-23(15-9-6-2)20-17(18)11-10-12-19(20)25-4;1-3-2;1-2/h10-12,16H,5-9,13-15H2,1-4H3;3H2,1-2H3;1-2H3. The molecule has 0 radical (unpaired) electrons. The molecule has 2 aromatic rings. The van der Waals surface area contributed by atoms with Crippen LogP contribution in [-0.4, -0.2) is 35.6 Å². The lowest BCUT2D eigenvalue weighted by Gasteiger charge is -2.21. The zero-order valence-corrected chi connectivity index (χ0v) is 20.9. The predicted molar refractivity (Wildman–Crippen MR) is 132 cm³/mol. The molecule has 0 N–H and O–H groups in total. The van der Waals surface area contributed by atoms with Crippen molar-refractivity contribution in [2.24, 2.45) is 0 Å². The number of methoxy groups -OCH3 is 1. The van der Waals surface area contributed by atoms with E-state index in [4.69, 9.17) is 4.74 Å². The molecular formula is C26H46N2O2. The number of fused-ring (bicyclic) bond motifs is 1. The van der Waals surface area contributed by atoms with E-state index in [1.165, 1.54) is 6.42 Å². The summed E-state index contributed by atoms with van der Waals surface area (Å²) in [4.78, 5) is 15.2. The molecular weight excluding hydrogens is 372 g/mol. The lowest BCUT2D eigenvalue weighted by molar-refractivity contribution is 0.0755. The molecule has 1 heterocycles. The monoisotopic (exact) mass is 418 g/mol. The van der Waals surface area contributed by atoms with Gasteiger partial charge in [-0.05, 0) is 25.3 Å². The first kappa shape index (κ1) is 28.0. The average molecular weight is 419 g/mol. The number of carbonyl (C=O) groups is 1. The van der Waals surface area contributed by atoms with E-state index >= 15 is 0 Å². The number of ether oxygens (including phenoxy) is 1. The van der Waals surface area contributed by atoms with E-state index in [0.717, 1.165) is 74.0 Å². The Labute approximate surface area is 185 Å². The molecule has 0 fully saturated rings. The van der Waals surface area contributed by atoms with Crippen LogP contribution in [0.4, 0.5) is 0 Å². The van der Waals surface area contributed by atoms with Gasteiger partial charge in [0.05, 0.1) is 18.2 Å². The minimum atomic E-state index is 0.142. The summed E-state index contributed by atoms with van der Waals surface area (Å²) in [6, 6.07) is 5.98. The molecule has 1 amide bonds. The van der Waals surface area contributed by atoms with Gasteiger partial charge in [-0.1, -0.05) is 79.9 Å². The summed E-state index contributed by atoms with van der Waals surface area (Å²) in [6.45, 7) is 17.3. The minimum Gasteiger partial charge on any atom is -0.495 e. The molecule has 0 saturated carbocycles. The van der Waals surface area contributed by atoms with Crippen LogP contribution in [0.15, 0.2) is 24.4 Å². The number of hydrogen-bond donors (Lipinski definition) is 0. The number of hydrogen-bond acceptors (Lipinski definition) is 2. The van der Waals surface area contributed by atoms with E-state index in [0.29, 0.717) is 0 Å². The van der Waals surface area contributed by atoms with E-state index in [2.05, 4.69) is 39.2 Å². The number of rotatable bonds is 10. The zero-order valence-electron chi connectivity index (χ0n) is 20.9. The normalized spacial score (nSPS) is 10.0. The SMILES string of the molecule is CC.CCC.CCCCN(CCC)C(=O)c1cn(CCCC)c2c(OC)cccc12. The summed E-state index contributed by atoms with van der Waals surface area (Å²) in [6.07, 6.45) is 8.61. The topological polar surface area (TPSA) is 34.5 Å². The van der Waals surface area contributed by atoms with Gasteiger partial charge in [0, 0.05) is 31.2 Å². The average Bonchev–Trinajstić information content (AvgIpc) is 3.15. The van der Waals surface area contributed by atoms with Crippen molar-refractivity contribution >= 4 is 16.8 Å². The van der Waals surface area contributed by atoms with E-state index in [9.17, 15) is 4.79 Å². The Balaban J connectivity index is 0.00000154. The van der Waals surface area contributed by atoms with Crippen molar-refractivity contribution in [2.45, 2.75) is 93.5 Å². The fourth-order valence-electron chi connectivity index (χ4n) is 3.27. The third kappa shape index (κ3) is 8.04. The van der Waals surface area contributed by atoms with Crippen LogP contribution >= 0.6 is 0 Å². The highest BCUT2D eigenvalue weighted by Gasteiger charge is 2.21. The number of aryl methyl sites for hydroxylation is 1. The summed E-state index contributed by atoms with van der Waals surface area (Å²) < 4.78 is 7.76. The zero-order chi connectivity index (χ0) is 22.9. The van der Waals surface area contributed by atoms with Gasteiger partial charge in [-0.25, -0.2) is 0 Å². The Bertz CT molecular complexity index is 706. The quantitative estimate of drug-likeness (QED) is 0.399. The van der Waals surface area contributed by atoms with Crippen molar-refractivity contribution in [3.8, 4) is 5.75 Å². The first-order valence-corrected chi connectivity index (χ1v) is 12.0. The second kappa shape index (κ2) is 16.8. The van der Waals surface area contributed by atoms with Crippen LogP contribution in [0.5, 0.6) is 5.75 Å². The molecule has 0 aliphatic heterocycles. The Hall–Kier alpha value is -1.97. The van der Waals surface area contributed by atoms with Crippen LogP contribution in [0.25, 0.3) is 10.9 Å². The fraction of sp³-hybridized carbons (Fsp3) is 0.654. The van der Waals surface area contributed by atoms with E-state index < -0.39 is 0 Å². The van der Waals surface area contributed by atoms with Crippen LogP contribution in [0.1, 0.15) is 97.3 Å². The summed E-state index contributed by atoms with van der Waals surface area (Å²) >= 11 is 0. The maximum absolute atomic E-state index is 13.2. The molecule has 172 valence electrons. The van der Waals surface area contributed by atoms with Crippen molar-refractivity contribution in [1.29, 1.82) is 0 Å². The molecule has 1 aromatic heterocycles. The second-order valence-corrected chi connectivity index (χ2v) is 7.30. The number of carbonyl (C=O) groups excluding carboxylic acids is 1. The highest BCUT2D eigenvalue weighted by Crippen LogP contribution is 2.31. The molecule has 2 rings (SSSR count). The maximum atomic E-state index is 13.2. The maximum Gasteiger partial charge on any atom is 0.256 e. The van der Waals surface area contributed by atoms with Crippen molar-refractivity contribution in [2.75, 3.05) is 20.2 Å². The van der Waals surface area contributed by atoms with Gasteiger partial charge >= 0.3 is 0 Å². The van der Waals surface area contributed by atoms with E-state index in [-0.39, 0.29) is 5.91 Å². The second-order valence-electron chi connectivity index (χ2n) is 7.30. The fourth-order valence-corrected chi connectivity index (χ4v) is 3.27. The summed E-state index contributed by atoms with van der Waals surface area (Å²) in [5.41, 5.74) is 1.84. The Kier molecular flexibility index (Phi) is 15.7. The first-order valence-electron chi connectivity index (χ1n) is 12.0. The van der Waals surface area contributed by atoms with E-state index in [1.54, 1.807) is 7.11 Å². The Morgan fingerprint density at radius 1 is 0.967 bits per heavy atom. The lowest BCUT2D eigenvalue weighted by atomic mass is 10.1. The Morgan fingerprint density at radius 3 is 2.13 bits per heavy atom. The molecule has 30 heavy (non-hydrogen) atoms. The summed E-state index contributed by atoms with van der Waals surface area (Å²) in [7, 11) is 1.69. The number of amides is 1. The molecule has 0 saturated heterocycles. The molecule has 1 aromatic carbocycles. The van der Waals surface area contributed by atoms with Gasteiger partial charge in [-0.3, -0.25) is 4.79 Å². The van der Waals surface area contributed by atoms with Crippen molar-refractivity contribution in [3.05, 3.63) is 30.0 Å². The molecule has 0 spiro atoms. The van der Waals surface area contributed by atoms with Gasteiger partial charge in [-0.15, -0.1) is 0 Å². The van der Waals surface area contributed by atoms with Crippen molar-refractivity contribution in [3.63, 3.8) is 0 Å². The number of aromatic nitrogens is 1. The van der Waals surface area contributed by atoms with Gasteiger partial charge < -0.3 is 14.2 Å². The summed E-state index contributed by atoms with van der Waals surface area (Å²) in [5.74, 6) is 0.979. The predicted octanol–water partition coefficient (Wildman–Crippen LogP) is 7.54. The molecule has 0 aliphatic rings. The molecule has 0 atom stereocenters. The lowest BCUT2D eigenvalue weighted by Crippen LogP contribution is -2.32. The van der Waals surface area contributed by atoms with Gasteiger partial charge in [0.1, 0.15) is 5.75 Å². The molecule has 0 unspecified atom stereocenters. The first-order chi connectivity index (χ1) is 14.6. The van der Waals surface area contributed by atoms with Crippen LogP contribution < -0.4 is 4.74 Å². The van der Waals surface area contributed by atoms with Gasteiger partial charge in [0.2, 0.25) is 0 Å². The van der Waals surface area contributed by atoms with Crippen LogP contribution in [-0.2, 0) is 6.54 Å². The smallest absolute Gasteiger partial charge is 0.256 e. The van der Waals surface area contributed by atoms with E-state index in [1.807, 2.05) is 43.1 Å². The number of para-hydroxylation sites is 1. The highest BCUT2D eigenvalue weighted by atomic mass is 16.5. The number of unbranched alkanes of at least 4 members (excludes halogenated alkanes) is 2. The molecule has 4 heteroatoms.